The monoisotopic (exact) mass is 677 g/mol. The van der Waals surface area contributed by atoms with Gasteiger partial charge in [0.25, 0.3) is 0 Å². The van der Waals surface area contributed by atoms with Crippen molar-refractivity contribution in [1.82, 2.24) is 9.97 Å². The van der Waals surface area contributed by atoms with E-state index in [2.05, 4.69) is 132 Å². The Hall–Kier alpha value is -7.24. The second kappa shape index (κ2) is 10.6. The first kappa shape index (κ1) is 28.5. The molecule has 0 amide bonds. The summed E-state index contributed by atoms with van der Waals surface area (Å²) in [7, 11) is 0. The van der Waals surface area contributed by atoms with Crippen LogP contribution in [0, 0.1) is 0 Å². The summed E-state index contributed by atoms with van der Waals surface area (Å²) in [6, 6.07) is 57.5. The van der Waals surface area contributed by atoms with E-state index in [-0.39, 0.29) is 0 Å². The number of fused-ring (bicyclic) bond motifs is 10. The van der Waals surface area contributed by atoms with Gasteiger partial charge in [-0.1, -0.05) is 103 Å². The summed E-state index contributed by atoms with van der Waals surface area (Å²) >= 11 is 0. The van der Waals surface area contributed by atoms with Gasteiger partial charge >= 0.3 is 0 Å². The van der Waals surface area contributed by atoms with Crippen molar-refractivity contribution in [2.75, 3.05) is 4.90 Å². The number of hydrogen-bond donors (Lipinski definition) is 0. The molecular weight excluding hydrogens is 651 g/mol. The zero-order valence-corrected chi connectivity index (χ0v) is 28.2. The van der Waals surface area contributed by atoms with E-state index in [1.807, 2.05) is 36.4 Å². The van der Waals surface area contributed by atoms with Crippen molar-refractivity contribution in [3.8, 4) is 33.8 Å². The first-order chi connectivity index (χ1) is 26.3. The van der Waals surface area contributed by atoms with Gasteiger partial charge in [-0.15, -0.1) is 0 Å². The summed E-state index contributed by atoms with van der Waals surface area (Å²) < 4.78 is 12.7. The predicted octanol–water partition coefficient (Wildman–Crippen LogP) is 13.4. The second-order valence-corrected chi connectivity index (χ2v) is 13.7. The van der Waals surface area contributed by atoms with Gasteiger partial charge in [0.05, 0.1) is 11.4 Å². The number of aromatic nitrogens is 2. The fourth-order valence-corrected chi connectivity index (χ4v) is 8.38. The van der Waals surface area contributed by atoms with Crippen LogP contribution in [0.3, 0.4) is 0 Å². The molecule has 53 heavy (non-hydrogen) atoms. The van der Waals surface area contributed by atoms with Crippen LogP contribution < -0.4 is 4.90 Å². The number of rotatable bonds is 3. The molecule has 0 saturated carbocycles. The summed E-state index contributed by atoms with van der Waals surface area (Å²) in [6.45, 7) is 0. The lowest BCUT2D eigenvalue weighted by atomic mass is 9.88. The Balaban J connectivity index is 1.05. The van der Waals surface area contributed by atoms with Crippen molar-refractivity contribution in [2.45, 2.75) is 0 Å². The summed E-state index contributed by atoms with van der Waals surface area (Å²) in [6.07, 6.45) is 0. The minimum absolute atomic E-state index is 0.632. The van der Waals surface area contributed by atoms with E-state index in [0.29, 0.717) is 11.4 Å². The highest BCUT2D eigenvalue weighted by molar-refractivity contribution is 6.19. The summed E-state index contributed by atoms with van der Waals surface area (Å²) in [5.74, 6) is 0.632. The number of nitrogens with zero attached hydrogens (tertiary/aromatic N) is 3. The Kier molecular flexibility index (Phi) is 5.71. The zero-order chi connectivity index (χ0) is 34.6. The Morgan fingerprint density at radius 3 is 2.02 bits per heavy atom. The Morgan fingerprint density at radius 1 is 0.453 bits per heavy atom. The number of hydrogen-bond acceptors (Lipinski definition) is 5. The fourth-order valence-electron chi connectivity index (χ4n) is 8.38. The van der Waals surface area contributed by atoms with Crippen molar-refractivity contribution in [2.24, 2.45) is 0 Å². The molecule has 5 nitrogen and oxygen atoms in total. The first-order valence-electron chi connectivity index (χ1n) is 17.8. The van der Waals surface area contributed by atoms with Crippen molar-refractivity contribution >= 4 is 82.6 Å². The molecule has 0 radical (unpaired) electrons. The third kappa shape index (κ3) is 4.07. The smallest absolute Gasteiger partial charge is 0.180 e. The third-order valence-corrected chi connectivity index (χ3v) is 10.8. The molecule has 8 aromatic carbocycles. The van der Waals surface area contributed by atoms with E-state index >= 15 is 0 Å². The van der Waals surface area contributed by atoms with Crippen molar-refractivity contribution in [3.63, 3.8) is 0 Å². The van der Waals surface area contributed by atoms with Gasteiger partial charge in [-0.2, -0.15) is 0 Å². The van der Waals surface area contributed by atoms with E-state index in [1.54, 1.807) is 0 Å². The standard InChI is InChI=1S/C48H27N3O2/c1-2-12-33-28(9-1)21-26-37-36-15-7-10-29-11-8-16-39(43(29)36)51(46(33)37)32-23-19-30(20-24-32)48-49-44(47-45(50-48)38-14-4-6-18-41(38)53-47)31-22-25-35-34-13-3-5-17-40(34)52-42(35)27-31/h1-27H. The Labute approximate surface area is 303 Å². The van der Waals surface area contributed by atoms with Crippen LogP contribution in [0.25, 0.3) is 99.3 Å². The lowest BCUT2D eigenvalue weighted by molar-refractivity contribution is 0.666. The van der Waals surface area contributed by atoms with Crippen LogP contribution in [0.2, 0.25) is 0 Å². The lowest BCUT2D eigenvalue weighted by Gasteiger charge is -2.34. The fraction of sp³-hybridized carbons (Fsp3) is 0. The van der Waals surface area contributed by atoms with Crippen LogP contribution in [-0.4, -0.2) is 9.97 Å². The van der Waals surface area contributed by atoms with Gasteiger partial charge in [0.2, 0.25) is 0 Å². The Bertz CT molecular complexity index is 3300. The molecule has 4 heterocycles. The number of anilines is 3. The maximum absolute atomic E-state index is 6.46. The normalized spacial score (nSPS) is 12.5. The number of benzene rings is 8. The van der Waals surface area contributed by atoms with Crippen LogP contribution in [0.4, 0.5) is 17.1 Å². The minimum Gasteiger partial charge on any atom is -0.456 e. The van der Waals surface area contributed by atoms with E-state index in [9.17, 15) is 0 Å². The predicted molar refractivity (Wildman–Crippen MR) is 216 cm³/mol. The van der Waals surface area contributed by atoms with Gasteiger partial charge in [-0.3, -0.25) is 0 Å². The molecule has 0 fully saturated rings. The number of furan rings is 2. The topological polar surface area (TPSA) is 55.3 Å². The summed E-state index contributed by atoms with van der Waals surface area (Å²) in [5.41, 5.74) is 12.4. The SMILES string of the molecule is c1ccc2c3c(ccc2c1)-c1cccc2cccc(c12)N3c1ccc(-c2nc(-c3ccc4c(c3)oc3ccccc34)c3oc4ccccc4c3n2)cc1. The highest BCUT2D eigenvalue weighted by Crippen LogP contribution is 2.53. The molecule has 0 unspecified atom stereocenters. The largest absolute Gasteiger partial charge is 0.456 e. The van der Waals surface area contributed by atoms with E-state index in [1.165, 1.54) is 44.0 Å². The minimum atomic E-state index is 0.632. The second-order valence-electron chi connectivity index (χ2n) is 13.7. The van der Waals surface area contributed by atoms with Gasteiger partial charge in [-0.05, 0) is 77.0 Å². The molecule has 11 aromatic rings. The first-order valence-corrected chi connectivity index (χ1v) is 17.8. The van der Waals surface area contributed by atoms with Crippen molar-refractivity contribution in [1.29, 1.82) is 0 Å². The average molecular weight is 678 g/mol. The molecule has 12 rings (SSSR count). The molecule has 0 saturated heterocycles. The molecule has 0 N–H and O–H groups in total. The van der Waals surface area contributed by atoms with Gasteiger partial charge < -0.3 is 13.7 Å². The molecule has 1 aliphatic rings. The molecule has 1 aliphatic heterocycles. The Morgan fingerprint density at radius 2 is 1.15 bits per heavy atom. The van der Waals surface area contributed by atoms with E-state index in [4.69, 9.17) is 18.8 Å². The van der Waals surface area contributed by atoms with Crippen LogP contribution in [0.1, 0.15) is 0 Å². The highest BCUT2D eigenvalue weighted by atomic mass is 16.3. The molecular formula is C48H27N3O2. The van der Waals surface area contributed by atoms with Crippen LogP contribution in [0.5, 0.6) is 0 Å². The molecule has 0 spiro atoms. The van der Waals surface area contributed by atoms with Crippen LogP contribution in [0.15, 0.2) is 173 Å². The van der Waals surface area contributed by atoms with Crippen molar-refractivity contribution in [3.05, 3.63) is 164 Å². The van der Waals surface area contributed by atoms with Gasteiger partial charge in [-0.25, -0.2) is 9.97 Å². The molecule has 5 heteroatoms. The maximum atomic E-state index is 6.46. The maximum Gasteiger partial charge on any atom is 0.180 e. The van der Waals surface area contributed by atoms with Gasteiger partial charge in [0.1, 0.15) is 28.0 Å². The van der Waals surface area contributed by atoms with Crippen LogP contribution >= 0.6 is 0 Å². The molecule has 0 aliphatic carbocycles. The summed E-state index contributed by atoms with van der Waals surface area (Å²) in [4.78, 5) is 12.8. The number of para-hydroxylation sites is 2. The zero-order valence-electron chi connectivity index (χ0n) is 28.2. The molecule has 0 bridgehead atoms. The van der Waals surface area contributed by atoms with Crippen molar-refractivity contribution < 1.29 is 8.83 Å². The quantitative estimate of drug-likeness (QED) is 0.186. The van der Waals surface area contributed by atoms with Gasteiger partial charge in [0.15, 0.2) is 11.4 Å². The van der Waals surface area contributed by atoms with Crippen LogP contribution in [-0.2, 0) is 0 Å². The lowest BCUT2D eigenvalue weighted by Crippen LogP contribution is -2.15. The van der Waals surface area contributed by atoms with E-state index in [0.717, 1.165) is 60.9 Å². The molecule has 246 valence electrons. The average Bonchev–Trinajstić information content (AvgIpc) is 3.79. The molecule has 0 atom stereocenters. The van der Waals surface area contributed by atoms with Gasteiger partial charge in [0, 0.05) is 49.3 Å². The van der Waals surface area contributed by atoms with E-state index < -0.39 is 0 Å². The summed E-state index contributed by atoms with van der Waals surface area (Å²) in [5, 5.41) is 8.03. The third-order valence-electron chi connectivity index (χ3n) is 10.8. The highest BCUT2D eigenvalue weighted by Gasteiger charge is 2.28. The molecule has 3 aromatic heterocycles.